The van der Waals surface area contributed by atoms with E-state index in [4.69, 9.17) is 5.11 Å². The van der Waals surface area contributed by atoms with Gasteiger partial charge in [0.25, 0.3) is 5.56 Å². The number of hydrogen-bond donors (Lipinski definition) is 1. The molecule has 0 aliphatic carbocycles. The molecule has 0 atom stereocenters. The molecule has 0 spiro atoms. The van der Waals surface area contributed by atoms with Gasteiger partial charge in [-0.3, -0.25) is 9.59 Å². The summed E-state index contributed by atoms with van der Waals surface area (Å²) in [5.41, 5.74) is 1.26. The summed E-state index contributed by atoms with van der Waals surface area (Å²) in [6, 6.07) is 14.8. The van der Waals surface area contributed by atoms with Crippen molar-refractivity contribution in [1.29, 1.82) is 0 Å². The van der Waals surface area contributed by atoms with Crippen molar-refractivity contribution in [1.82, 2.24) is 9.78 Å². The van der Waals surface area contributed by atoms with Crippen LogP contribution < -0.4 is 5.56 Å². The smallest absolute Gasteiger partial charge is 0.305 e. The Balaban J connectivity index is 2.23. The quantitative estimate of drug-likeness (QED) is 0.762. The van der Waals surface area contributed by atoms with Crippen LogP contribution in [-0.2, 0) is 11.3 Å². The van der Waals surface area contributed by atoms with E-state index in [9.17, 15) is 9.59 Å². The molecule has 116 valence electrons. The molecule has 1 N–H and O–H groups in total. The van der Waals surface area contributed by atoms with Gasteiger partial charge in [-0.15, -0.1) is 0 Å². The van der Waals surface area contributed by atoms with Gasteiger partial charge in [-0.05, 0) is 18.2 Å². The maximum absolute atomic E-state index is 12.5. The Bertz CT molecular complexity index is 933. The molecule has 0 aliphatic rings. The Labute approximate surface area is 140 Å². The molecule has 2 aromatic carbocycles. The molecule has 0 saturated heterocycles. The number of aromatic nitrogens is 2. The van der Waals surface area contributed by atoms with Gasteiger partial charge in [0.15, 0.2) is 0 Å². The van der Waals surface area contributed by atoms with Crippen molar-refractivity contribution in [2.75, 3.05) is 0 Å². The van der Waals surface area contributed by atoms with Crippen LogP contribution in [0.3, 0.4) is 0 Å². The topological polar surface area (TPSA) is 72.2 Å². The lowest BCUT2D eigenvalue weighted by atomic mass is 10.1. The summed E-state index contributed by atoms with van der Waals surface area (Å²) in [6.07, 6.45) is -0.148. The summed E-state index contributed by atoms with van der Waals surface area (Å²) in [5.74, 6) is -0.961. The van der Waals surface area contributed by atoms with Crippen molar-refractivity contribution in [2.24, 2.45) is 0 Å². The van der Waals surface area contributed by atoms with Gasteiger partial charge in [-0.25, -0.2) is 4.68 Å². The Morgan fingerprint density at radius 3 is 2.39 bits per heavy atom. The lowest BCUT2D eigenvalue weighted by Crippen LogP contribution is -2.25. The molecule has 3 aromatic rings. The molecule has 6 heteroatoms. The molecule has 0 saturated carbocycles. The molecular weight excluding hydrogens is 360 g/mol. The SMILES string of the molecule is O=C(O)CCn1nc(-c2ccc(Br)cc2)c2ccccc2c1=O. The minimum atomic E-state index is -0.961. The van der Waals surface area contributed by atoms with Crippen LogP contribution >= 0.6 is 15.9 Å². The number of halogens is 1. The maximum atomic E-state index is 12.5. The number of aryl methyl sites for hydroxylation is 1. The predicted molar refractivity (Wildman–Crippen MR) is 91.4 cm³/mol. The van der Waals surface area contributed by atoms with Gasteiger partial charge in [0.1, 0.15) is 0 Å². The molecular formula is C17H13BrN2O3. The second-order valence-corrected chi connectivity index (χ2v) is 5.99. The Hall–Kier alpha value is -2.47. The third-order valence-corrected chi connectivity index (χ3v) is 4.05. The lowest BCUT2D eigenvalue weighted by Gasteiger charge is -2.10. The van der Waals surface area contributed by atoms with Crippen LogP contribution in [0.25, 0.3) is 22.0 Å². The number of benzene rings is 2. The van der Waals surface area contributed by atoms with E-state index in [2.05, 4.69) is 21.0 Å². The van der Waals surface area contributed by atoms with Gasteiger partial charge >= 0.3 is 5.97 Å². The minimum Gasteiger partial charge on any atom is -0.481 e. The van der Waals surface area contributed by atoms with Crippen molar-refractivity contribution in [3.05, 3.63) is 63.4 Å². The zero-order valence-electron chi connectivity index (χ0n) is 12.1. The number of carbonyl (C=O) groups is 1. The average molecular weight is 373 g/mol. The van der Waals surface area contributed by atoms with Crippen molar-refractivity contribution >= 4 is 32.7 Å². The second-order valence-electron chi connectivity index (χ2n) is 5.07. The maximum Gasteiger partial charge on any atom is 0.305 e. The van der Waals surface area contributed by atoms with E-state index < -0.39 is 5.97 Å². The van der Waals surface area contributed by atoms with Gasteiger partial charge in [-0.1, -0.05) is 46.3 Å². The molecule has 23 heavy (non-hydrogen) atoms. The number of nitrogens with zero attached hydrogens (tertiary/aromatic N) is 2. The summed E-state index contributed by atoms with van der Waals surface area (Å²) in [7, 11) is 0. The molecule has 3 rings (SSSR count). The largest absolute Gasteiger partial charge is 0.481 e. The van der Waals surface area contributed by atoms with Crippen LogP contribution in [0.15, 0.2) is 57.8 Å². The molecule has 0 amide bonds. The third kappa shape index (κ3) is 3.17. The van der Waals surface area contributed by atoms with E-state index in [-0.39, 0.29) is 18.5 Å². The van der Waals surface area contributed by atoms with Crippen LogP contribution in [0.1, 0.15) is 6.42 Å². The molecule has 0 fully saturated rings. The standard InChI is InChI=1S/C17H13BrN2O3/c18-12-7-5-11(6-8-12)16-13-3-1-2-4-14(13)17(23)20(19-16)10-9-15(21)22/h1-8H,9-10H2,(H,21,22). The fourth-order valence-corrected chi connectivity index (χ4v) is 2.67. The summed E-state index contributed by atoms with van der Waals surface area (Å²) >= 11 is 3.39. The molecule has 1 heterocycles. The van der Waals surface area contributed by atoms with Gasteiger partial charge in [-0.2, -0.15) is 5.10 Å². The number of rotatable bonds is 4. The molecule has 0 unspecified atom stereocenters. The Kier molecular flexibility index (Phi) is 4.25. The van der Waals surface area contributed by atoms with E-state index in [1.807, 2.05) is 36.4 Å². The first-order chi connectivity index (χ1) is 11.1. The highest BCUT2D eigenvalue weighted by Crippen LogP contribution is 2.25. The predicted octanol–water partition coefficient (Wildman–Crippen LogP) is 3.30. The van der Waals surface area contributed by atoms with E-state index in [1.54, 1.807) is 12.1 Å². The summed E-state index contributed by atoms with van der Waals surface area (Å²) in [6.45, 7) is 0.0442. The van der Waals surface area contributed by atoms with Crippen molar-refractivity contribution in [3.63, 3.8) is 0 Å². The fraction of sp³-hybridized carbons (Fsp3) is 0.118. The van der Waals surface area contributed by atoms with E-state index in [0.717, 1.165) is 15.4 Å². The average Bonchev–Trinajstić information content (AvgIpc) is 2.55. The van der Waals surface area contributed by atoms with Gasteiger partial charge < -0.3 is 5.11 Å². The third-order valence-electron chi connectivity index (χ3n) is 3.52. The zero-order valence-corrected chi connectivity index (χ0v) is 13.7. The number of carboxylic acid groups (broad SMARTS) is 1. The molecule has 0 aliphatic heterocycles. The summed E-state index contributed by atoms with van der Waals surface area (Å²) in [5, 5.41) is 14.5. The number of aliphatic carboxylic acids is 1. The number of hydrogen-bond acceptors (Lipinski definition) is 3. The normalized spacial score (nSPS) is 10.8. The first-order valence-electron chi connectivity index (χ1n) is 7.04. The van der Waals surface area contributed by atoms with Crippen LogP contribution in [0.5, 0.6) is 0 Å². The highest BCUT2D eigenvalue weighted by molar-refractivity contribution is 9.10. The minimum absolute atomic E-state index is 0.0442. The van der Waals surface area contributed by atoms with Crippen LogP contribution in [0.2, 0.25) is 0 Å². The fourth-order valence-electron chi connectivity index (χ4n) is 2.41. The van der Waals surface area contributed by atoms with Gasteiger partial charge in [0, 0.05) is 15.4 Å². The van der Waals surface area contributed by atoms with Crippen LogP contribution in [-0.4, -0.2) is 20.9 Å². The van der Waals surface area contributed by atoms with Crippen molar-refractivity contribution in [3.8, 4) is 11.3 Å². The second kappa shape index (κ2) is 6.34. The molecule has 0 radical (unpaired) electrons. The van der Waals surface area contributed by atoms with Crippen LogP contribution in [0, 0.1) is 0 Å². The first kappa shape index (κ1) is 15.4. The van der Waals surface area contributed by atoms with Gasteiger partial charge in [0.2, 0.25) is 0 Å². The summed E-state index contributed by atoms with van der Waals surface area (Å²) in [4.78, 5) is 23.3. The van der Waals surface area contributed by atoms with E-state index in [0.29, 0.717) is 11.1 Å². The van der Waals surface area contributed by atoms with E-state index in [1.165, 1.54) is 4.68 Å². The molecule has 5 nitrogen and oxygen atoms in total. The molecule has 1 aromatic heterocycles. The van der Waals surface area contributed by atoms with Crippen molar-refractivity contribution in [2.45, 2.75) is 13.0 Å². The number of fused-ring (bicyclic) bond motifs is 1. The van der Waals surface area contributed by atoms with Crippen molar-refractivity contribution < 1.29 is 9.90 Å². The van der Waals surface area contributed by atoms with Crippen LogP contribution in [0.4, 0.5) is 0 Å². The van der Waals surface area contributed by atoms with Gasteiger partial charge in [0.05, 0.1) is 24.0 Å². The Morgan fingerprint density at radius 1 is 1.09 bits per heavy atom. The van der Waals surface area contributed by atoms with E-state index >= 15 is 0 Å². The summed E-state index contributed by atoms with van der Waals surface area (Å²) < 4.78 is 2.18. The highest BCUT2D eigenvalue weighted by atomic mass is 79.9. The zero-order chi connectivity index (χ0) is 16.4. The highest BCUT2D eigenvalue weighted by Gasteiger charge is 2.12. The monoisotopic (exact) mass is 372 g/mol. The number of carboxylic acids is 1. The Morgan fingerprint density at radius 2 is 1.74 bits per heavy atom. The lowest BCUT2D eigenvalue weighted by molar-refractivity contribution is -0.137. The first-order valence-corrected chi connectivity index (χ1v) is 7.83. The molecule has 0 bridgehead atoms.